The number of hydrogen-bond acceptors (Lipinski definition) is 1. The van der Waals surface area contributed by atoms with E-state index in [1.165, 1.54) is 0 Å². The molecule has 0 bridgehead atoms. The standard InChI is InChI=1S/C6H15N4.2ClH.Co/c7-1-4-10(5-2-8)6-3-9;;;/h7-9H,1-6H2;2*1H;/q-3;;;+2/p-2. The van der Waals surface area contributed by atoms with E-state index < -0.39 is 0 Å². The molecule has 0 atom stereocenters. The monoisotopic (exact) mass is 272 g/mol. The molecule has 3 N–H and O–H groups in total. The molecule has 0 unspecified atom stereocenters. The molecule has 0 fully saturated rings. The molecule has 0 aromatic heterocycles. The van der Waals surface area contributed by atoms with Crippen LogP contribution in [0.1, 0.15) is 0 Å². The second kappa shape index (κ2) is 15.4. The van der Waals surface area contributed by atoms with Gasteiger partial charge in [-0.3, -0.25) is 0 Å². The Labute approximate surface area is 94.6 Å². The Bertz CT molecular complexity index is 74.8. The number of nitrogens with zero attached hydrogens (tertiary/aromatic N) is 1. The van der Waals surface area contributed by atoms with E-state index in [0.717, 1.165) is 0 Å². The molecule has 13 heavy (non-hydrogen) atoms. The first-order valence-corrected chi connectivity index (χ1v) is 6.63. The molecule has 0 saturated carbocycles. The largest absolute Gasteiger partial charge is 0.676 e. The smallest absolute Gasteiger partial charge is 0.0211 e. The van der Waals surface area contributed by atoms with Gasteiger partial charge in [-0.1, -0.05) is 0 Å². The maximum Gasteiger partial charge on any atom is -0.0211 e. The predicted molar refractivity (Wildman–Crippen MR) is 55.7 cm³/mol. The second-order valence-electron chi connectivity index (χ2n) is 2.14. The van der Waals surface area contributed by atoms with Crippen LogP contribution >= 0.6 is 20.3 Å². The molecule has 85 valence electrons. The quantitative estimate of drug-likeness (QED) is 0.733. The van der Waals surface area contributed by atoms with E-state index in [0.29, 0.717) is 52.2 Å². The van der Waals surface area contributed by atoms with Gasteiger partial charge in [0.2, 0.25) is 0 Å². The summed E-state index contributed by atoms with van der Waals surface area (Å²) in [5, 5.41) is 0. The number of rotatable bonds is 6. The fraction of sp³-hybridized carbons (Fsp3) is 1.00. The summed E-state index contributed by atoms with van der Waals surface area (Å²) in [6.07, 6.45) is 0. The van der Waals surface area contributed by atoms with Crippen molar-refractivity contribution in [3.63, 3.8) is 0 Å². The first-order chi connectivity index (χ1) is 6.26. The predicted octanol–water partition coefficient (Wildman–Crippen LogP) is 2.82. The van der Waals surface area contributed by atoms with E-state index in [9.17, 15) is 0 Å². The van der Waals surface area contributed by atoms with E-state index in [2.05, 4.69) is 0 Å². The van der Waals surface area contributed by atoms with Gasteiger partial charge in [-0.2, -0.15) is 0 Å². The van der Waals surface area contributed by atoms with Gasteiger partial charge in [-0.05, 0) is 19.6 Å². The molecule has 0 heterocycles. The summed E-state index contributed by atoms with van der Waals surface area (Å²) in [6, 6.07) is 0. The van der Waals surface area contributed by atoms with Crippen LogP contribution in [0.4, 0.5) is 0 Å². The molecule has 0 aliphatic heterocycles. The zero-order valence-electron chi connectivity index (χ0n) is 7.28. The van der Waals surface area contributed by atoms with Crippen molar-refractivity contribution in [3.05, 3.63) is 17.2 Å². The minimum absolute atomic E-state index is 0.375. The minimum atomic E-state index is 0.375. The van der Waals surface area contributed by atoms with Crippen LogP contribution in [0, 0.1) is 0 Å². The molecular weight excluding hydrogens is 258 g/mol. The van der Waals surface area contributed by atoms with Crippen molar-refractivity contribution in [2.45, 2.75) is 0 Å². The third kappa shape index (κ3) is 15.7. The van der Waals surface area contributed by atoms with Gasteiger partial charge in [0.05, 0.1) is 0 Å². The van der Waals surface area contributed by atoms with E-state index in [4.69, 9.17) is 37.5 Å². The topological polar surface area (TPSA) is 74.6 Å². The Morgan fingerprint density at radius 3 is 1.23 bits per heavy atom. The summed E-state index contributed by atoms with van der Waals surface area (Å²) in [6.45, 7) is 3.24. The maximum atomic E-state index is 6.93. The average Bonchev–Trinajstić information content (AvgIpc) is 2.07. The summed E-state index contributed by atoms with van der Waals surface area (Å²) < 4.78 is 0. The van der Waals surface area contributed by atoms with Crippen LogP contribution in [0.5, 0.6) is 0 Å². The van der Waals surface area contributed by atoms with E-state index in [-0.39, 0.29) is 0 Å². The first kappa shape index (κ1) is 16.4. The van der Waals surface area contributed by atoms with Crippen molar-refractivity contribution >= 4 is 20.3 Å². The summed E-state index contributed by atoms with van der Waals surface area (Å²) >= 11 is 0.382. The first-order valence-electron chi connectivity index (χ1n) is 3.76. The van der Waals surface area contributed by atoms with E-state index >= 15 is 0 Å². The third-order valence-corrected chi connectivity index (χ3v) is 1.28. The van der Waals surface area contributed by atoms with E-state index in [1.54, 1.807) is 0 Å². The van der Waals surface area contributed by atoms with Crippen LogP contribution in [0.15, 0.2) is 0 Å². The zero-order valence-corrected chi connectivity index (χ0v) is 9.83. The Morgan fingerprint density at radius 2 is 1.08 bits per heavy atom. The number of halogens is 2. The summed E-state index contributed by atoms with van der Waals surface area (Å²) in [7, 11) is 9.47. The summed E-state index contributed by atoms with van der Waals surface area (Å²) in [4.78, 5) is 1.98. The zero-order chi connectivity index (χ0) is 10.5. The molecule has 0 radical (unpaired) electrons. The van der Waals surface area contributed by atoms with Crippen molar-refractivity contribution in [1.82, 2.24) is 4.90 Å². The van der Waals surface area contributed by atoms with Crippen molar-refractivity contribution in [2.75, 3.05) is 39.3 Å². The fourth-order valence-electron chi connectivity index (χ4n) is 0.810. The van der Waals surface area contributed by atoms with Crippen molar-refractivity contribution in [3.8, 4) is 0 Å². The van der Waals surface area contributed by atoms with Gasteiger partial charge in [0.15, 0.2) is 0 Å². The van der Waals surface area contributed by atoms with Crippen LogP contribution in [0.3, 0.4) is 0 Å². The molecule has 0 aromatic rings. The summed E-state index contributed by atoms with van der Waals surface area (Å²) in [5.41, 5.74) is 20.8. The van der Waals surface area contributed by atoms with Crippen molar-refractivity contribution < 1.29 is 12.9 Å². The minimum Gasteiger partial charge on any atom is -0.676 e. The second-order valence-corrected chi connectivity index (χ2v) is 3.86. The molecule has 7 heteroatoms. The van der Waals surface area contributed by atoms with Crippen molar-refractivity contribution in [1.29, 1.82) is 0 Å². The molecule has 4 nitrogen and oxygen atoms in total. The molecule has 0 aromatic carbocycles. The SMILES string of the molecule is [Cl][Co][Cl].[NH-]CCN(CC[NH-])CC[NH-]. The van der Waals surface area contributed by atoms with Gasteiger partial charge in [0, 0.05) is 0 Å². The molecular formula is C6H15Cl2CoN4-3. The number of hydrogen-bond donors (Lipinski definition) is 0. The Balaban J connectivity index is 0. The molecule has 0 aliphatic rings. The van der Waals surface area contributed by atoms with Gasteiger partial charge in [-0.25, -0.2) is 0 Å². The van der Waals surface area contributed by atoms with Crippen LogP contribution < -0.4 is 0 Å². The number of nitrogens with one attached hydrogen (secondary N) is 3. The van der Waals surface area contributed by atoms with E-state index in [1.807, 2.05) is 4.90 Å². The third-order valence-electron chi connectivity index (χ3n) is 1.28. The van der Waals surface area contributed by atoms with Crippen LogP contribution in [0.25, 0.3) is 17.2 Å². The van der Waals surface area contributed by atoms with Gasteiger partial charge in [0.1, 0.15) is 0 Å². The maximum absolute atomic E-state index is 6.93. The van der Waals surface area contributed by atoms with Crippen molar-refractivity contribution in [2.24, 2.45) is 0 Å². The molecule has 0 amide bonds. The normalized spacial score (nSPS) is 10.0. The average molecular weight is 273 g/mol. The Kier molecular flexibility index (Phi) is 19.4. The van der Waals surface area contributed by atoms with Gasteiger partial charge >= 0.3 is 33.2 Å². The summed E-state index contributed by atoms with van der Waals surface area (Å²) in [5.74, 6) is 0. The molecule has 0 rings (SSSR count). The Morgan fingerprint density at radius 1 is 0.846 bits per heavy atom. The molecule has 0 saturated heterocycles. The molecule has 0 spiro atoms. The van der Waals surface area contributed by atoms with Gasteiger partial charge < -0.3 is 22.1 Å². The fourth-order valence-corrected chi connectivity index (χ4v) is 0.810. The van der Waals surface area contributed by atoms with Gasteiger partial charge in [0.25, 0.3) is 0 Å². The Hall–Kier alpha value is 0.926. The molecule has 0 aliphatic carbocycles. The van der Waals surface area contributed by atoms with Crippen LogP contribution in [-0.2, 0) is 12.9 Å². The van der Waals surface area contributed by atoms with Crippen LogP contribution in [-0.4, -0.2) is 44.2 Å². The van der Waals surface area contributed by atoms with Gasteiger partial charge in [-0.15, -0.1) is 19.6 Å². The van der Waals surface area contributed by atoms with Crippen LogP contribution in [0.2, 0.25) is 0 Å².